The van der Waals surface area contributed by atoms with E-state index in [-0.39, 0.29) is 22.1 Å². The maximum atomic E-state index is 13.8. The van der Waals surface area contributed by atoms with Gasteiger partial charge in [-0.3, -0.25) is 10.1 Å². The second-order valence-corrected chi connectivity index (χ2v) is 9.88. The van der Waals surface area contributed by atoms with Crippen LogP contribution in [-0.2, 0) is 16.9 Å². The number of anilines is 1. The van der Waals surface area contributed by atoms with Crippen molar-refractivity contribution in [3.8, 4) is 0 Å². The zero-order valence-corrected chi connectivity index (χ0v) is 17.8. The number of carbonyl (C=O) groups excluding carboxylic acids is 1. The van der Waals surface area contributed by atoms with E-state index in [1.54, 1.807) is 6.33 Å². The SMILES string of the molecule is CCn1c(NC(=O)C23C[C@H]4C[C@H](C2)CC(n2cnc(Cl)n2)(C4)C3)nc2ccccc21. The third kappa shape index (κ3) is 2.57. The number of aryl methyl sites for hydroxylation is 1. The highest BCUT2D eigenvalue weighted by atomic mass is 35.5. The van der Waals surface area contributed by atoms with E-state index in [1.165, 1.54) is 6.42 Å². The summed E-state index contributed by atoms with van der Waals surface area (Å²) in [6.45, 7) is 2.84. The van der Waals surface area contributed by atoms with E-state index in [9.17, 15) is 4.79 Å². The summed E-state index contributed by atoms with van der Waals surface area (Å²) >= 11 is 6.04. The van der Waals surface area contributed by atoms with Gasteiger partial charge in [-0.05, 0) is 81.0 Å². The molecular formula is C22H25ClN6O. The number of amides is 1. The normalized spacial score (nSPS) is 32.1. The lowest BCUT2D eigenvalue weighted by Crippen LogP contribution is -2.60. The second-order valence-electron chi connectivity index (χ2n) is 9.55. The number of fused-ring (bicyclic) bond motifs is 1. The van der Waals surface area contributed by atoms with E-state index in [4.69, 9.17) is 16.6 Å². The van der Waals surface area contributed by atoms with Gasteiger partial charge in [0, 0.05) is 6.54 Å². The fourth-order valence-electron chi connectivity index (χ4n) is 6.94. The molecule has 4 saturated carbocycles. The van der Waals surface area contributed by atoms with E-state index in [0.29, 0.717) is 17.8 Å². The minimum absolute atomic E-state index is 0.109. The average Bonchev–Trinajstić information content (AvgIpc) is 3.30. The van der Waals surface area contributed by atoms with Crippen LogP contribution >= 0.6 is 11.6 Å². The largest absolute Gasteiger partial charge is 0.310 e. The predicted molar refractivity (Wildman–Crippen MR) is 114 cm³/mol. The van der Waals surface area contributed by atoms with Gasteiger partial charge in [0.2, 0.25) is 17.1 Å². The number of carbonyl (C=O) groups is 1. The van der Waals surface area contributed by atoms with E-state index >= 15 is 0 Å². The highest BCUT2D eigenvalue weighted by Gasteiger charge is 2.61. The Hall–Kier alpha value is -2.41. The number of rotatable bonds is 4. The van der Waals surface area contributed by atoms with Crippen LogP contribution in [0.5, 0.6) is 0 Å². The summed E-state index contributed by atoms with van der Waals surface area (Å²) in [7, 11) is 0. The Bertz CT molecular complexity index is 1140. The van der Waals surface area contributed by atoms with Gasteiger partial charge in [0.1, 0.15) is 6.33 Å². The van der Waals surface area contributed by atoms with Crippen molar-refractivity contribution in [1.82, 2.24) is 24.3 Å². The first-order chi connectivity index (χ1) is 14.5. The molecule has 0 spiro atoms. The van der Waals surface area contributed by atoms with Crippen molar-refractivity contribution in [3.05, 3.63) is 35.9 Å². The van der Waals surface area contributed by atoms with Gasteiger partial charge >= 0.3 is 0 Å². The molecule has 156 valence electrons. The Balaban J connectivity index is 1.36. The number of halogens is 1. The Morgan fingerprint density at radius 1 is 1.23 bits per heavy atom. The minimum atomic E-state index is -0.376. The van der Waals surface area contributed by atoms with Crippen molar-refractivity contribution in [2.24, 2.45) is 17.3 Å². The number of benzene rings is 1. The Morgan fingerprint density at radius 2 is 2.00 bits per heavy atom. The van der Waals surface area contributed by atoms with Crippen LogP contribution in [0.25, 0.3) is 11.0 Å². The molecule has 2 aromatic heterocycles. The number of nitrogens with one attached hydrogen (secondary N) is 1. The van der Waals surface area contributed by atoms with Gasteiger partial charge in [-0.2, -0.15) is 0 Å². The summed E-state index contributed by atoms with van der Waals surface area (Å²) in [5, 5.41) is 7.96. The summed E-state index contributed by atoms with van der Waals surface area (Å²) in [5.74, 6) is 1.85. The summed E-state index contributed by atoms with van der Waals surface area (Å²) in [6.07, 6.45) is 7.78. The molecule has 0 saturated heterocycles. The van der Waals surface area contributed by atoms with Crippen LogP contribution in [0.15, 0.2) is 30.6 Å². The van der Waals surface area contributed by atoms with Crippen molar-refractivity contribution in [1.29, 1.82) is 0 Å². The van der Waals surface area contributed by atoms with Gasteiger partial charge in [-0.15, -0.1) is 5.10 Å². The molecule has 7 rings (SSSR count). The first-order valence-electron chi connectivity index (χ1n) is 10.8. The molecular weight excluding hydrogens is 400 g/mol. The zero-order chi connectivity index (χ0) is 20.5. The Morgan fingerprint density at radius 3 is 2.70 bits per heavy atom. The maximum absolute atomic E-state index is 13.8. The molecule has 3 aromatic rings. The standard InChI is InChI=1S/C22H25ClN6O/c1-2-28-17-6-4-3-5-16(17)25-20(28)26-18(30)21-8-14-7-15(9-21)11-22(10-14,12-21)29-13-24-19(23)27-29/h3-6,13-15H,2,7-12H2,1H3,(H,25,26,30)/t14-,15-,21?,22?/m1/s1. The lowest BCUT2D eigenvalue weighted by molar-refractivity contribution is -0.150. The average molecular weight is 425 g/mol. The number of aromatic nitrogens is 5. The molecule has 4 aliphatic carbocycles. The van der Waals surface area contributed by atoms with Crippen molar-refractivity contribution in [3.63, 3.8) is 0 Å². The quantitative estimate of drug-likeness (QED) is 0.679. The monoisotopic (exact) mass is 424 g/mol. The number of para-hydroxylation sites is 2. The van der Waals surface area contributed by atoms with E-state index in [0.717, 1.165) is 49.7 Å². The van der Waals surface area contributed by atoms with Crippen molar-refractivity contribution < 1.29 is 4.79 Å². The van der Waals surface area contributed by atoms with Gasteiger partial charge < -0.3 is 4.57 Å². The number of imidazole rings is 1. The van der Waals surface area contributed by atoms with Gasteiger partial charge in [0.15, 0.2) is 0 Å². The lowest BCUT2D eigenvalue weighted by Gasteiger charge is -2.60. The van der Waals surface area contributed by atoms with E-state index in [1.807, 2.05) is 22.9 Å². The van der Waals surface area contributed by atoms with Gasteiger partial charge in [0.05, 0.1) is 22.0 Å². The molecule has 4 fully saturated rings. The maximum Gasteiger partial charge on any atom is 0.242 e. The van der Waals surface area contributed by atoms with Crippen molar-refractivity contribution in [2.75, 3.05) is 5.32 Å². The summed E-state index contributed by atoms with van der Waals surface area (Å²) in [5.41, 5.74) is 1.44. The molecule has 0 unspecified atom stereocenters. The van der Waals surface area contributed by atoms with Crippen LogP contribution in [0.1, 0.15) is 45.4 Å². The summed E-state index contributed by atoms with van der Waals surface area (Å²) < 4.78 is 4.04. The third-order valence-electron chi connectivity index (χ3n) is 7.66. The van der Waals surface area contributed by atoms with Crippen molar-refractivity contribution in [2.45, 2.75) is 57.5 Å². The highest BCUT2D eigenvalue weighted by Crippen LogP contribution is 2.64. The number of hydrogen-bond donors (Lipinski definition) is 1. The van der Waals surface area contributed by atoms with Crippen LogP contribution < -0.4 is 5.32 Å². The molecule has 2 atom stereocenters. The summed E-state index contributed by atoms with van der Waals surface area (Å²) in [4.78, 5) is 22.6. The number of hydrogen-bond acceptors (Lipinski definition) is 4. The fourth-order valence-corrected chi connectivity index (χ4v) is 7.07. The topological polar surface area (TPSA) is 77.6 Å². The summed E-state index contributed by atoms with van der Waals surface area (Å²) in [6, 6.07) is 8.03. The molecule has 2 heterocycles. The minimum Gasteiger partial charge on any atom is -0.310 e. The molecule has 30 heavy (non-hydrogen) atoms. The molecule has 0 radical (unpaired) electrons. The second kappa shape index (κ2) is 6.30. The lowest BCUT2D eigenvalue weighted by atomic mass is 9.46. The molecule has 8 heteroatoms. The van der Waals surface area contributed by atoms with Gasteiger partial charge in [0.25, 0.3) is 0 Å². The van der Waals surface area contributed by atoms with Crippen LogP contribution in [0, 0.1) is 17.3 Å². The van der Waals surface area contributed by atoms with Crippen molar-refractivity contribution >= 4 is 34.5 Å². The van der Waals surface area contributed by atoms with Crippen LogP contribution in [0.2, 0.25) is 5.28 Å². The molecule has 4 bridgehead atoms. The first kappa shape index (κ1) is 18.4. The molecule has 1 amide bonds. The fraction of sp³-hybridized carbons (Fsp3) is 0.545. The van der Waals surface area contributed by atoms with Gasteiger partial charge in [-0.1, -0.05) is 12.1 Å². The first-order valence-corrected chi connectivity index (χ1v) is 11.2. The Labute approximate surface area is 179 Å². The van der Waals surface area contributed by atoms with E-state index < -0.39 is 0 Å². The predicted octanol–water partition coefficient (Wildman–Crippen LogP) is 4.24. The Kier molecular flexibility index (Phi) is 3.85. The molecule has 7 nitrogen and oxygen atoms in total. The van der Waals surface area contributed by atoms with Crippen LogP contribution in [0.3, 0.4) is 0 Å². The molecule has 1 N–H and O–H groups in total. The molecule has 4 aliphatic rings. The van der Waals surface area contributed by atoms with Crippen LogP contribution in [0.4, 0.5) is 5.95 Å². The molecule has 1 aromatic carbocycles. The number of nitrogens with zero attached hydrogens (tertiary/aromatic N) is 5. The molecule has 0 aliphatic heterocycles. The van der Waals surface area contributed by atoms with Gasteiger partial charge in [-0.25, -0.2) is 14.6 Å². The third-order valence-corrected chi connectivity index (χ3v) is 7.83. The smallest absolute Gasteiger partial charge is 0.242 e. The van der Waals surface area contributed by atoms with E-state index in [2.05, 4.69) is 33.0 Å². The van der Waals surface area contributed by atoms with Crippen LogP contribution in [-0.4, -0.2) is 30.2 Å². The highest BCUT2D eigenvalue weighted by molar-refractivity contribution is 6.28. The zero-order valence-electron chi connectivity index (χ0n) is 17.0.